The molecule has 8 heteroatoms. The highest BCUT2D eigenvalue weighted by atomic mass is 16.5. The first-order valence-electron chi connectivity index (χ1n) is 10.0. The van der Waals surface area contributed by atoms with Gasteiger partial charge in [-0.3, -0.25) is 19.2 Å². The molecule has 3 amide bonds. The molecule has 0 aliphatic carbocycles. The molecule has 1 aliphatic rings. The number of benzene rings is 3. The summed E-state index contributed by atoms with van der Waals surface area (Å²) < 4.78 is 5.09. The lowest BCUT2D eigenvalue weighted by Gasteiger charge is -2.14. The Bertz CT molecular complexity index is 1280. The highest BCUT2D eigenvalue weighted by molar-refractivity contribution is 6.34. The number of rotatable bonds is 6. The first kappa shape index (κ1) is 21.6. The number of Topliss-reactive ketones (excluding diaryl/α,β-unsaturated/α-hetero) is 1. The average molecular weight is 442 g/mol. The van der Waals surface area contributed by atoms with E-state index in [1.54, 1.807) is 42.5 Å². The van der Waals surface area contributed by atoms with Crippen molar-refractivity contribution >= 4 is 40.8 Å². The van der Waals surface area contributed by atoms with Gasteiger partial charge in [0.05, 0.1) is 22.4 Å². The first-order valence-corrected chi connectivity index (χ1v) is 10.0. The summed E-state index contributed by atoms with van der Waals surface area (Å²) in [4.78, 5) is 62.5. The summed E-state index contributed by atoms with van der Waals surface area (Å²) in [6.07, 6.45) is 0. The lowest BCUT2D eigenvalue weighted by Crippen LogP contribution is -2.29. The summed E-state index contributed by atoms with van der Waals surface area (Å²) in [6.45, 7) is 0.928. The van der Waals surface area contributed by atoms with Crippen LogP contribution in [0.3, 0.4) is 0 Å². The Labute approximate surface area is 188 Å². The van der Waals surface area contributed by atoms with Crippen LogP contribution < -0.4 is 10.2 Å². The molecule has 0 fully saturated rings. The second-order valence-corrected chi connectivity index (χ2v) is 7.30. The molecule has 0 unspecified atom stereocenters. The number of ketones is 1. The molecular formula is C25H18N2O6. The zero-order chi connectivity index (χ0) is 23.5. The van der Waals surface area contributed by atoms with Gasteiger partial charge in [-0.2, -0.15) is 0 Å². The van der Waals surface area contributed by atoms with E-state index in [2.05, 4.69) is 5.32 Å². The minimum Gasteiger partial charge on any atom is -0.454 e. The van der Waals surface area contributed by atoms with Crippen LogP contribution in [0.4, 0.5) is 11.4 Å². The topological polar surface area (TPSA) is 110 Å². The molecule has 8 nitrogen and oxygen atoms in total. The van der Waals surface area contributed by atoms with E-state index < -0.39 is 24.4 Å². The second-order valence-electron chi connectivity index (χ2n) is 7.30. The molecule has 4 rings (SSSR count). The fourth-order valence-electron chi connectivity index (χ4n) is 3.42. The molecule has 0 bridgehead atoms. The zero-order valence-electron chi connectivity index (χ0n) is 17.5. The highest BCUT2D eigenvalue weighted by Gasteiger charge is 2.37. The zero-order valence-corrected chi connectivity index (χ0v) is 17.5. The predicted octanol–water partition coefficient (Wildman–Crippen LogP) is 3.49. The Hall–Kier alpha value is -4.59. The van der Waals surface area contributed by atoms with Crippen LogP contribution in [0.5, 0.6) is 0 Å². The van der Waals surface area contributed by atoms with Gasteiger partial charge >= 0.3 is 5.97 Å². The van der Waals surface area contributed by atoms with Crippen molar-refractivity contribution in [1.82, 2.24) is 0 Å². The maximum absolute atomic E-state index is 12.9. The summed E-state index contributed by atoms with van der Waals surface area (Å²) in [6, 6.07) is 18.7. The number of hydrogen-bond donors (Lipinski definition) is 1. The Morgan fingerprint density at radius 3 is 2.15 bits per heavy atom. The van der Waals surface area contributed by atoms with E-state index >= 15 is 0 Å². The van der Waals surface area contributed by atoms with E-state index in [0.717, 1.165) is 4.90 Å². The lowest BCUT2D eigenvalue weighted by atomic mass is 10.1. The first-order chi connectivity index (χ1) is 15.8. The van der Waals surface area contributed by atoms with Gasteiger partial charge in [0.2, 0.25) is 5.91 Å². The third-order valence-corrected chi connectivity index (χ3v) is 5.00. The minimum atomic E-state index is -0.777. The molecule has 0 radical (unpaired) electrons. The molecule has 0 spiro atoms. The van der Waals surface area contributed by atoms with Crippen LogP contribution in [0.15, 0.2) is 72.8 Å². The Morgan fingerprint density at radius 2 is 1.48 bits per heavy atom. The van der Waals surface area contributed by atoms with Gasteiger partial charge in [-0.1, -0.05) is 30.3 Å². The summed E-state index contributed by atoms with van der Waals surface area (Å²) in [5.41, 5.74) is 1.54. The van der Waals surface area contributed by atoms with Crippen molar-refractivity contribution in [1.29, 1.82) is 0 Å². The van der Waals surface area contributed by atoms with Crippen LogP contribution in [0.1, 0.15) is 48.4 Å². The Kier molecular flexibility index (Phi) is 5.82. The summed E-state index contributed by atoms with van der Waals surface area (Å²) in [5.74, 6) is -2.49. The molecule has 1 N–H and O–H groups in total. The monoisotopic (exact) mass is 442 g/mol. The highest BCUT2D eigenvalue weighted by Crippen LogP contribution is 2.30. The van der Waals surface area contributed by atoms with Crippen LogP contribution >= 0.6 is 0 Å². The summed E-state index contributed by atoms with van der Waals surface area (Å²) in [5, 5.41) is 2.61. The number of hydrogen-bond acceptors (Lipinski definition) is 6. The van der Waals surface area contributed by atoms with Crippen LogP contribution in [0.25, 0.3) is 0 Å². The molecule has 0 saturated carbocycles. The number of nitrogens with one attached hydrogen (secondary N) is 1. The SMILES string of the molecule is CC(=O)Nc1ccc(N2C(=O)c3ccc(C(=O)OCC(=O)c4ccccc4)cc3C2=O)cc1. The van der Waals surface area contributed by atoms with E-state index in [-0.39, 0.29) is 28.4 Å². The van der Waals surface area contributed by atoms with Gasteiger partial charge in [-0.25, -0.2) is 9.69 Å². The molecule has 1 heterocycles. The maximum atomic E-state index is 12.9. The fraction of sp³-hybridized carbons (Fsp3) is 0.0800. The number of anilines is 2. The van der Waals surface area contributed by atoms with Gasteiger partial charge in [-0.15, -0.1) is 0 Å². The van der Waals surface area contributed by atoms with Crippen molar-refractivity contribution in [2.45, 2.75) is 6.92 Å². The van der Waals surface area contributed by atoms with Crippen molar-refractivity contribution in [3.8, 4) is 0 Å². The predicted molar refractivity (Wildman–Crippen MR) is 119 cm³/mol. The van der Waals surface area contributed by atoms with Gasteiger partial charge in [-0.05, 0) is 42.5 Å². The van der Waals surface area contributed by atoms with Gasteiger partial charge in [0.25, 0.3) is 11.8 Å². The number of esters is 1. The van der Waals surface area contributed by atoms with Crippen LogP contribution in [0, 0.1) is 0 Å². The summed E-state index contributed by atoms with van der Waals surface area (Å²) in [7, 11) is 0. The standard InChI is InChI=1S/C25H18N2O6/c1-15(28)26-18-8-10-19(11-9-18)27-23(30)20-12-7-17(13-21(20)24(27)31)25(32)33-14-22(29)16-5-3-2-4-6-16/h2-13H,14H2,1H3,(H,26,28). The summed E-state index contributed by atoms with van der Waals surface area (Å²) >= 11 is 0. The Morgan fingerprint density at radius 1 is 0.818 bits per heavy atom. The van der Waals surface area contributed by atoms with E-state index in [1.165, 1.54) is 37.3 Å². The molecule has 33 heavy (non-hydrogen) atoms. The number of imide groups is 1. The number of nitrogens with zero attached hydrogens (tertiary/aromatic N) is 1. The van der Waals surface area contributed by atoms with Crippen LogP contribution in [-0.2, 0) is 9.53 Å². The molecule has 0 aromatic heterocycles. The van der Waals surface area contributed by atoms with Gasteiger partial charge in [0, 0.05) is 18.2 Å². The number of ether oxygens (including phenoxy) is 1. The average Bonchev–Trinajstić information content (AvgIpc) is 3.07. The lowest BCUT2D eigenvalue weighted by molar-refractivity contribution is -0.114. The van der Waals surface area contributed by atoms with Gasteiger partial charge < -0.3 is 10.1 Å². The normalized spacial score (nSPS) is 12.3. The number of amides is 3. The van der Waals surface area contributed by atoms with Crippen molar-refractivity contribution < 1.29 is 28.7 Å². The number of fused-ring (bicyclic) bond motifs is 1. The molecule has 3 aromatic rings. The van der Waals surface area contributed by atoms with Gasteiger partial charge in [0.1, 0.15) is 0 Å². The molecular weight excluding hydrogens is 424 g/mol. The van der Waals surface area contributed by atoms with Crippen molar-refractivity contribution in [3.63, 3.8) is 0 Å². The fourth-order valence-corrected chi connectivity index (χ4v) is 3.42. The van der Waals surface area contributed by atoms with Crippen LogP contribution in [0.2, 0.25) is 0 Å². The molecule has 3 aromatic carbocycles. The van der Waals surface area contributed by atoms with Crippen LogP contribution in [-0.4, -0.2) is 36.1 Å². The van der Waals surface area contributed by atoms with Crippen molar-refractivity contribution in [2.24, 2.45) is 0 Å². The van der Waals surface area contributed by atoms with E-state index in [0.29, 0.717) is 16.9 Å². The van der Waals surface area contributed by atoms with Crippen molar-refractivity contribution in [3.05, 3.63) is 95.1 Å². The third kappa shape index (κ3) is 4.40. The minimum absolute atomic E-state index is 0.0543. The van der Waals surface area contributed by atoms with Gasteiger partial charge in [0.15, 0.2) is 12.4 Å². The van der Waals surface area contributed by atoms with E-state index in [4.69, 9.17) is 4.74 Å². The third-order valence-electron chi connectivity index (χ3n) is 5.00. The van der Waals surface area contributed by atoms with Crippen molar-refractivity contribution in [2.75, 3.05) is 16.8 Å². The quantitative estimate of drug-likeness (QED) is 0.356. The number of carbonyl (C=O) groups is 5. The maximum Gasteiger partial charge on any atom is 0.338 e. The molecule has 1 aliphatic heterocycles. The van der Waals surface area contributed by atoms with E-state index in [1.807, 2.05) is 0 Å². The smallest absolute Gasteiger partial charge is 0.338 e. The molecule has 0 saturated heterocycles. The Balaban J connectivity index is 1.49. The second kappa shape index (κ2) is 8.88. The molecule has 0 atom stereocenters. The molecule has 164 valence electrons. The number of carbonyl (C=O) groups excluding carboxylic acids is 5. The van der Waals surface area contributed by atoms with E-state index in [9.17, 15) is 24.0 Å². The largest absolute Gasteiger partial charge is 0.454 e.